The number of sulfonamides is 1. The van der Waals surface area contributed by atoms with E-state index >= 15 is 0 Å². The van der Waals surface area contributed by atoms with Crippen LogP contribution in [0.4, 0.5) is 0 Å². The van der Waals surface area contributed by atoms with Crippen molar-refractivity contribution < 1.29 is 17.9 Å². The highest BCUT2D eigenvalue weighted by Crippen LogP contribution is 2.30. The van der Waals surface area contributed by atoms with Crippen molar-refractivity contribution in [1.82, 2.24) is 10.0 Å². The van der Waals surface area contributed by atoms with Gasteiger partial charge in [-0.05, 0) is 30.7 Å². The lowest BCUT2D eigenvalue weighted by atomic mass is 10.1. The quantitative estimate of drug-likeness (QED) is 0.682. The second-order valence-electron chi connectivity index (χ2n) is 5.04. The van der Waals surface area contributed by atoms with Gasteiger partial charge < -0.3 is 14.8 Å². The summed E-state index contributed by atoms with van der Waals surface area (Å²) in [5, 5.41) is 3.09. The summed E-state index contributed by atoms with van der Waals surface area (Å²) in [5.74, 6) is 0.780. The molecule has 1 aliphatic heterocycles. The first-order valence-corrected chi connectivity index (χ1v) is 8.50. The highest BCUT2D eigenvalue weighted by Gasteiger charge is 2.22. The summed E-state index contributed by atoms with van der Waals surface area (Å²) in [7, 11) is -1.84. The van der Waals surface area contributed by atoms with Crippen LogP contribution in [0, 0.1) is 0 Å². The fraction of sp³-hybridized carbons (Fsp3) is 0.571. The molecule has 2 rings (SSSR count). The molecule has 6 nitrogen and oxygen atoms in total. The van der Waals surface area contributed by atoms with Gasteiger partial charge in [0.2, 0.25) is 10.0 Å². The number of nitrogens with one attached hydrogen (secondary N) is 2. The lowest BCUT2D eigenvalue weighted by Crippen LogP contribution is -2.33. The maximum absolute atomic E-state index is 12.2. The van der Waals surface area contributed by atoms with Crippen LogP contribution in [0.15, 0.2) is 23.1 Å². The van der Waals surface area contributed by atoms with Crippen LogP contribution in [0.5, 0.6) is 5.75 Å². The van der Waals surface area contributed by atoms with Gasteiger partial charge in [0.1, 0.15) is 11.9 Å². The zero-order valence-corrected chi connectivity index (χ0v) is 14.4. The Balaban J connectivity index is 0.00000242. The van der Waals surface area contributed by atoms with Gasteiger partial charge in [0, 0.05) is 33.2 Å². The Morgan fingerprint density at radius 3 is 2.82 bits per heavy atom. The Morgan fingerprint density at radius 2 is 2.09 bits per heavy atom. The van der Waals surface area contributed by atoms with E-state index in [9.17, 15) is 8.42 Å². The van der Waals surface area contributed by atoms with Gasteiger partial charge in [-0.25, -0.2) is 13.1 Å². The number of fused-ring (bicyclic) bond motifs is 1. The molecule has 0 aromatic heterocycles. The molecule has 0 spiro atoms. The minimum absolute atomic E-state index is 0. The molecule has 1 unspecified atom stereocenters. The molecular formula is C14H23ClN2O4S. The number of halogens is 1. The van der Waals surface area contributed by atoms with Crippen molar-refractivity contribution in [2.45, 2.75) is 24.3 Å². The van der Waals surface area contributed by atoms with Crippen molar-refractivity contribution in [2.75, 3.05) is 33.4 Å². The number of hydrogen-bond donors (Lipinski definition) is 2. The molecule has 0 radical (unpaired) electrons. The summed E-state index contributed by atoms with van der Waals surface area (Å²) >= 11 is 0. The lowest BCUT2D eigenvalue weighted by molar-refractivity contribution is 0.199. The SMILES string of the molecule is COCCNCCNS(=O)(=O)c1ccc2c(c1)CC(C)O2.Cl. The van der Waals surface area contributed by atoms with Crippen molar-refractivity contribution >= 4 is 22.4 Å². The third-order valence-electron chi connectivity index (χ3n) is 3.25. The molecule has 0 bridgehead atoms. The Hall–Kier alpha value is -0.860. The van der Waals surface area contributed by atoms with Crippen molar-refractivity contribution in [1.29, 1.82) is 0 Å². The minimum atomic E-state index is -3.47. The third-order valence-corrected chi connectivity index (χ3v) is 4.71. The van der Waals surface area contributed by atoms with E-state index in [1.165, 1.54) is 0 Å². The maximum Gasteiger partial charge on any atom is 0.240 e. The maximum atomic E-state index is 12.2. The van der Waals surface area contributed by atoms with Crippen molar-refractivity contribution in [3.63, 3.8) is 0 Å². The van der Waals surface area contributed by atoms with Gasteiger partial charge in [-0.15, -0.1) is 12.4 Å². The molecular weight excluding hydrogens is 328 g/mol. The summed E-state index contributed by atoms with van der Waals surface area (Å²) in [6, 6.07) is 5.00. The number of rotatable bonds is 8. The largest absolute Gasteiger partial charge is 0.490 e. The fourth-order valence-corrected chi connectivity index (χ4v) is 3.30. The number of benzene rings is 1. The van der Waals surface area contributed by atoms with E-state index in [0.29, 0.717) is 26.2 Å². The van der Waals surface area contributed by atoms with Crippen LogP contribution in [-0.4, -0.2) is 47.9 Å². The first-order chi connectivity index (χ1) is 10.0. The number of hydrogen-bond acceptors (Lipinski definition) is 5. The average Bonchev–Trinajstić information content (AvgIpc) is 2.81. The normalized spacial score (nSPS) is 16.7. The van der Waals surface area contributed by atoms with Gasteiger partial charge in [-0.1, -0.05) is 0 Å². The molecule has 0 amide bonds. The van der Waals surface area contributed by atoms with E-state index in [4.69, 9.17) is 9.47 Å². The summed E-state index contributed by atoms with van der Waals surface area (Å²) < 4.78 is 37.4. The molecule has 1 aromatic rings. The molecule has 8 heteroatoms. The predicted molar refractivity (Wildman–Crippen MR) is 87.4 cm³/mol. The molecule has 2 N–H and O–H groups in total. The summed E-state index contributed by atoms with van der Waals surface area (Å²) in [6.45, 7) is 4.18. The van der Waals surface area contributed by atoms with Gasteiger partial charge in [-0.3, -0.25) is 0 Å². The minimum Gasteiger partial charge on any atom is -0.490 e. The van der Waals surface area contributed by atoms with Gasteiger partial charge in [0.25, 0.3) is 0 Å². The molecule has 1 aliphatic rings. The van der Waals surface area contributed by atoms with E-state index in [-0.39, 0.29) is 23.4 Å². The molecule has 0 saturated heterocycles. The van der Waals surface area contributed by atoms with Crippen LogP contribution in [-0.2, 0) is 21.2 Å². The van der Waals surface area contributed by atoms with Crippen molar-refractivity contribution in [3.05, 3.63) is 23.8 Å². The predicted octanol–water partition coefficient (Wildman–Crippen LogP) is 0.946. The zero-order valence-electron chi connectivity index (χ0n) is 12.8. The second kappa shape index (κ2) is 8.69. The van der Waals surface area contributed by atoms with Crippen LogP contribution in [0.3, 0.4) is 0 Å². The van der Waals surface area contributed by atoms with Gasteiger partial charge in [-0.2, -0.15) is 0 Å². The van der Waals surface area contributed by atoms with Gasteiger partial charge in [0.05, 0.1) is 11.5 Å². The third kappa shape index (κ3) is 5.10. The van der Waals surface area contributed by atoms with Gasteiger partial charge in [0.15, 0.2) is 0 Å². The molecule has 0 saturated carbocycles. The summed E-state index contributed by atoms with van der Waals surface area (Å²) in [6.07, 6.45) is 0.855. The van der Waals surface area contributed by atoms with E-state index in [2.05, 4.69) is 10.0 Å². The van der Waals surface area contributed by atoms with E-state index in [1.54, 1.807) is 25.3 Å². The molecule has 1 aromatic carbocycles. The van der Waals surface area contributed by atoms with Crippen molar-refractivity contribution in [3.8, 4) is 5.75 Å². The van der Waals surface area contributed by atoms with Crippen molar-refractivity contribution in [2.24, 2.45) is 0 Å². The molecule has 1 heterocycles. The molecule has 1 atom stereocenters. The standard InChI is InChI=1S/C14H22N2O4S.ClH/c1-11-9-12-10-13(3-4-14(12)20-11)21(17,18)16-6-5-15-7-8-19-2;/h3-4,10-11,15-16H,5-9H2,1-2H3;1H. The Labute approximate surface area is 138 Å². The van der Waals surface area contributed by atoms with Gasteiger partial charge >= 0.3 is 0 Å². The zero-order chi connectivity index (χ0) is 15.3. The monoisotopic (exact) mass is 350 g/mol. The van der Waals surface area contributed by atoms with E-state index < -0.39 is 10.0 Å². The fourth-order valence-electron chi connectivity index (χ4n) is 2.22. The number of methoxy groups -OCH3 is 1. The Morgan fingerprint density at radius 1 is 1.32 bits per heavy atom. The summed E-state index contributed by atoms with van der Waals surface area (Å²) in [4.78, 5) is 0.288. The van der Waals surface area contributed by atoms with E-state index in [0.717, 1.165) is 17.7 Å². The Bertz CT molecular complexity index is 580. The van der Waals surface area contributed by atoms with Crippen LogP contribution < -0.4 is 14.8 Å². The smallest absolute Gasteiger partial charge is 0.240 e. The number of ether oxygens (including phenoxy) is 2. The lowest BCUT2D eigenvalue weighted by Gasteiger charge is -2.08. The van der Waals surface area contributed by atoms with Crippen LogP contribution >= 0.6 is 12.4 Å². The van der Waals surface area contributed by atoms with Crippen LogP contribution in [0.25, 0.3) is 0 Å². The van der Waals surface area contributed by atoms with E-state index in [1.807, 2.05) is 6.92 Å². The highest BCUT2D eigenvalue weighted by molar-refractivity contribution is 7.89. The molecule has 0 aliphatic carbocycles. The Kier molecular flexibility index (Phi) is 7.58. The molecule has 22 heavy (non-hydrogen) atoms. The molecule has 0 fully saturated rings. The summed E-state index contributed by atoms with van der Waals surface area (Å²) in [5.41, 5.74) is 0.948. The van der Waals surface area contributed by atoms with Crippen LogP contribution in [0.1, 0.15) is 12.5 Å². The average molecular weight is 351 g/mol. The first-order valence-electron chi connectivity index (χ1n) is 7.02. The van der Waals surface area contributed by atoms with Crippen LogP contribution in [0.2, 0.25) is 0 Å². The second-order valence-corrected chi connectivity index (χ2v) is 6.81. The first kappa shape index (κ1) is 19.2. The highest BCUT2D eigenvalue weighted by atomic mass is 35.5. The molecule has 126 valence electrons. The topological polar surface area (TPSA) is 76.7 Å².